The number of rotatable bonds is 3. The van der Waals surface area contributed by atoms with Crippen LogP contribution in [0.25, 0.3) is 0 Å². The summed E-state index contributed by atoms with van der Waals surface area (Å²) in [5.74, 6) is 0. The number of likely N-dealkylation sites (tertiary alicyclic amines) is 1. The third-order valence-electron chi connectivity index (χ3n) is 2.33. The fraction of sp³-hybridized carbons (Fsp3) is 0.778. The molecule has 0 spiro atoms. The van der Waals surface area contributed by atoms with Crippen molar-refractivity contribution >= 4 is 6.08 Å². The minimum atomic E-state index is -0.809. The maximum Gasteiger partial charge on any atom is 0.236 e. The summed E-state index contributed by atoms with van der Waals surface area (Å²) in [7, 11) is 0. The number of nitrogens with zero attached hydrogens (tertiary/aromatic N) is 3. The molecule has 1 fully saturated rings. The van der Waals surface area contributed by atoms with Crippen LogP contribution in [0.15, 0.2) is 4.99 Å². The van der Waals surface area contributed by atoms with Crippen molar-refractivity contribution in [3.8, 4) is 6.07 Å². The minimum Gasteiger partial charge on any atom is -0.300 e. The highest BCUT2D eigenvalue weighted by Gasteiger charge is 2.37. The number of isocyanates is 1. The highest BCUT2D eigenvalue weighted by molar-refractivity contribution is 5.37. The minimum absolute atomic E-state index is 0.576. The summed E-state index contributed by atoms with van der Waals surface area (Å²) in [6.45, 7) is 4.49. The largest absolute Gasteiger partial charge is 0.300 e. The Morgan fingerprint density at radius 1 is 1.69 bits per heavy atom. The van der Waals surface area contributed by atoms with E-state index in [1.165, 1.54) is 6.08 Å². The Hall–Kier alpha value is -1.17. The van der Waals surface area contributed by atoms with Crippen LogP contribution in [0, 0.1) is 11.3 Å². The molecule has 0 amide bonds. The first-order chi connectivity index (χ1) is 6.26. The zero-order chi connectivity index (χ0) is 9.73. The molecule has 0 aromatic heterocycles. The fourth-order valence-electron chi connectivity index (χ4n) is 1.67. The van der Waals surface area contributed by atoms with Crippen molar-refractivity contribution in [1.29, 1.82) is 5.26 Å². The average Bonchev–Trinajstić information content (AvgIpc) is 2.51. The second kappa shape index (κ2) is 4.18. The van der Waals surface area contributed by atoms with Gasteiger partial charge in [0.25, 0.3) is 0 Å². The van der Waals surface area contributed by atoms with E-state index in [9.17, 15) is 4.79 Å². The lowest BCUT2D eigenvalue weighted by Gasteiger charge is -2.15. The van der Waals surface area contributed by atoms with Gasteiger partial charge in [-0.3, -0.25) is 4.90 Å². The smallest absolute Gasteiger partial charge is 0.236 e. The molecule has 0 N–H and O–H groups in total. The van der Waals surface area contributed by atoms with E-state index < -0.39 is 5.54 Å². The summed E-state index contributed by atoms with van der Waals surface area (Å²) >= 11 is 0. The lowest BCUT2D eigenvalue weighted by atomic mass is 10.0. The van der Waals surface area contributed by atoms with Gasteiger partial charge < -0.3 is 0 Å². The Labute approximate surface area is 77.9 Å². The Morgan fingerprint density at radius 2 is 2.46 bits per heavy atom. The Bertz CT molecular complexity index is 265. The molecule has 0 bridgehead atoms. The predicted octanol–water partition coefficient (Wildman–Crippen LogP) is 0.700. The molecule has 1 aliphatic heterocycles. The Balaban J connectivity index is 2.64. The van der Waals surface area contributed by atoms with Crippen molar-refractivity contribution in [1.82, 2.24) is 4.90 Å². The van der Waals surface area contributed by atoms with Crippen LogP contribution in [0.5, 0.6) is 0 Å². The summed E-state index contributed by atoms with van der Waals surface area (Å²) in [6, 6.07) is 2.10. The van der Waals surface area contributed by atoms with Crippen LogP contribution in [0.3, 0.4) is 0 Å². The first kappa shape index (κ1) is 9.91. The van der Waals surface area contributed by atoms with Crippen LogP contribution < -0.4 is 0 Å². The molecule has 70 valence electrons. The van der Waals surface area contributed by atoms with Gasteiger partial charge in [-0.2, -0.15) is 10.3 Å². The van der Waals surface area contributed by atoms with Crippen molar-refractivity contribution in [3.63, 3.8) is 0 Å². The van der Waals surface area contributed by atoms with Gasteiger partial charge in [0, 0.05) is 19.5 Å². The van der Waals surface area contributed by atoms with E-state index in [-0.39, 0.29) is 0 Å². The van der Waals surface area contributed by atoms with Gasteiger partial charge >= 0.3 is 0 Å². The zero-order valence-electron chi connectivity index (χ0n) is 7.79. The van der Waals surface area contributed by atoms with Crippen LogP contribution in [0.2, 0.25) is 0 Å². The predicted molar refractivity (Wildman–Crippen MR) is 47.8 cm³/mol. The van der Waals surface area contributed by atoms with Gasteiger partial charge in [0.05, 0.1) is 6.07 Å². The zero-order valence-corrected chi connectivity index (χ0v) is 7.79. The molecule has 4 nitrogen and oxygen atoms in total. The van der Waals surface area contributed by atoms with Crippen LogP contribution in [0.4, 0.5) is 0 Å². The molecule has 4 heteroatoms. The normalized spacial score (nSPS) is 28.0. The van der Waals surface area contributed by atoms with Gasteiger partial charge in [-0.15, -0.1) is 0 Å². The molecular formula is C9H13N3O. The van der Waals surface area contributed by atoms with Crippen molar-refractivity contribution in [3.05, 3.63) is 0 Å². The summed E-state index contributed by atoms with van der Waals surface area (Å²) in [4.78, 5) is 15.9. The monoisotopic (exact) mass is 179 g/mol. The summed E-state index contributed by atoms with van der Waals surface area (Å²) in [5.41, 5.74) is -0.809. The molecular weight excluding hydrogens is 166 g/mol. The van der Waals surface area contributed by atoms with Crippen molar-refractivity contribution in [2.45, 2.75) is 25.3 Å². The molecule has 1 aliphatic rings. The molecule has 13 heavy (non-hydrogen) atoms. The quantitative estimate of drug-likeness (QED) is 0.473. The van der Waals surface area contributed by atoms with Gasteiger partial charge in [-0.05, 0) is 13.0 Å². The number of nitriles is 1. The fourth-order valence-corrected chi connectivity index (χ4v) is 1.67. The van der Waals surface area contributed by atoms with E-state index in [0.29, 0.717) is 13.0 Å². The molecule has 0 aromatic carbocycles. The standard InChI is InChI=1S/C9H13N3O/c1-2-4-12-5-3-9(6-10,7-12)11-8-13/h2-5,7H2,1H3. The SMILES string of the molecule is CCCN1CCC(C#N)(N=C=O)C1. The number of hydrogen-bond donors (Lipinski definition) is 0. The van der Waals surface area contributed by atoms with E-state index in [1.54, 1.807) is 0 Å². The highest BCUT2D eigenvalue weighted by atomic mass is 16.1. The van der Waals surface area contributed by atoms with Crippen LogP contribution >= 0.6 is 0 Å². The lowest BCUT2D eigenvalue weighted by molar-refractivity contribution is 0.326. The maximum absolute atomic E-state index is 10.1. The Kier molecular flexibility index (Phi) is 3.18. The first-order valence-corrected chi connectivity index (χ1v) is 4.49. The van der Waals surface area contributed by atoms with E-state index in [0.717, 1.165) is 19.5 Å². The van der Waals surface area contributed by atoms with E-state index in [1.807, 2.05) is 0 Å². The highest BCUT2D eigenvalue weighted by Crippen LogP contribution is 2.24. The summed E-state index contributed by atoms with van der Waals surface area (Å²) < 4.78 is 0. The Morgan fingerprint density at radius 3 is 3.00 bits per heavy atom. The second-order valence-electron chi connectivity index (χ2n) is 3.37. The van der Waals surface area contributed by atoms with Gasteiger partial charge in [0.1, 0.15) is 0 Å². The molecule has 0 saturated carbocycles. The average molecular weight is 179 g/mol. The second-order valence-corrected chi connectivity index (χ2v) is 3.37. The van der Waals surface area contributed by atoms with Gasteiger partial charge in [0.2, 0.25) is 6.08 Å². The van der Waals surface area contributed by atoms with Gasteiger partial charge in [0.15, 0.2) is 5.54 Å². The molecule has 0 aliphatic carbocycles. The van der Waals surface area contributed by atoms with Crippen LogP contribution in [-0.2, 0) is 4.79 Å². The van der Waals surface area contributed by atoms with E-state index >= 15 is 0 Å². The first-order valence-electron chi connectivity index (χ1n) is 4.49. The van der Waals surface area contributed by atoms with Crippen molar-refractivity contribution in [2.24, 2.45) is 4.99 Å². The summed E-state index contributed by atoms with van der Waals surface area (Å²) in [6.07, 6.45) is 3.20. The molecule has 1 unspecified atom stereocenters. The van der Waals surface area contributed by atoms with Crippen molar-refractivity contribution < 1.29 is 4.79 Å². The van der Waals surface area contributed by atoms with Crippen LogP contribution in [-0.4, -0.2) is 36.2 Å². The molecule has 1 rings (SSSR count). The molecule has 0 aromatic rings. The number of hydrogen-bond acceptors (Lipinski definition) is 4. The number of aliphatic imine (C=N–C) groups is 1. The molecule has 1 saturated heterocycles. The lowest BCUT2D eigenvalue weighted by Crippen LogP contribution is -2.30. The van der Waals surface area contributed by atoms with E-state index in [2.05, 4.69) is 22.9 Å². The molecule has 0 radical (unpaired) electrons. The third-order valence-corrected chi connectivity index (χ3v) is 2.33. The van der Waals surface area contributed by atoms with Crippen molar-refractivity contribution in [2.75, 3.05) is 19.6 Å². The van der Waals surface area contributed by atoms with Gasteiger partial charge in [-0.1, -0.05) is 6.92 Å². The third kappa shape index (κ3) is 2.15. The summed E-state index contributed by atoms with van der Waals surface area (Å²) in [5, 5.41) is 8.88. The molecule has 1 heterocycles. The number of carbonyl (C=O) groups excluding carboxylic acids is 1. The maximum atomic E-state index is 10.1. The molecule has 1 atom stereocenters. The van der Waals surface area contributed by atoms with Crippen LogP contribution in [0.1, 0.15) is 19.8 Å². The topological polar surface area (TPSA) is 56.5 Å². The van der Waals surface area contributed by atoms with E-state index in [4.69, 9.17) is 5.26 Å². The van der Waals surface area contributed by atoms with Gasteiger partial charge in [-0.25, -0.2) is 4.79 Å².